The normalized spacial score (nSPS) is 17.0. The number of aromatic nitrogens is 2. The fraction of sp³-hybridized carbons (Fsp3) is 0.273. The van der Waals surface area contributed by atoms with Crippen molar-refractivity contribution >= 4 is 35.3 Å². The van der Waals surface area contributed by atoms with E-state index in [0.29, 0.717) is 23.0 Å². The number of amides is 1. The first-order valence-electron chi connectivity index (χ1n) is 9.87. The molecule has 0 saturated heterocycles. The lowest BCUT2D eigenvalue weighted by Crippen LogP contribution is -2.34. The van der Waals surface area contributed by atoms with Crippen LogP contribution < -0.4 is 5.73 Å². The number of hydrogen-bond acceptors (Lipinski definition) is 7. The molecule has 0 bridgehead atoms. The molecule has 2 unspecified atom stereocenters. The number of anilines is 1. The molecule has 4 rings (SSSR count). The maximum atomic E-state index is 14.5. The molecule has 1 amide bonds. The Bertz CT molecular complexity index is 1180. The van der Waals surface area contributed by atoms with Crippen LogP contribution in [-0.2, 0) is 11.3 Å². The van der Waals surface area contributed by atoms with Crippen molar-refractivity contribution in [1.29, 1.82) is 5.26 Å². The largest absolute Gasteiger partial charge is 0.408 e. The molecule has 32 heavy (non-hydrogen) atoms. The Morgan fingerprint density at radius 1 is 1.34 bits per heavy atom. The zero-order valence-electron chi connectivity index (χ0n) is 16.9. The number of nitrogen functional groups attached to an aromatic ring is 1. The molecule has 1 aliphatic rings. The predicted octanol–water partition coefficient (Wildman–Crippen LogP) is 4.24. The van der Waals surface area contributed by atoms with Crippen molar-refractivity contribution in [1.82, 2.24) is 15.1 Å². The number of nitrogens with zero attached hydrogens (tertiary/aromatic N) is 4. The fourth-order valence-electron chi connectivity index (χ4n) is 3.43. The van der Waals surface area contributed by atoms with Gasteiger partial charge in [0.25, 0.3) is 0 Å². The van der Waals surface area contributed by atoms with Crippen molar-refractivity contribution in [3.63, 3.8) is 0 Å². The van der Waals surface area contributed by atoms with E-state index in [2.05, 4.69) is 10.2 Å². The summed E-state index contributed by atoms with van der Waals surface area (Å²) in [6, 6.07) is 13.5. The average molecular weight is 472 g/mol. The molecule has 1 aromatic heterocycles. The van der Waals surface area contributed by atoms with E-state index in [-0.39, 0.29) is 41.6 Å². The van der Waals surface area contributed by atoms with Crippen LogP contribution in [0, 0.1) is 23.1 Å². The second-order valence-electron chi connectivity index (χ2n) is 7.49. The zero-order chi connectivity index (χ0) is 22.7. The van der Waals surface area contributed by atoms with Crippen LogP contribution in [0.3, 0.4) is 0 Å². The van der Waals surface area contributed by atoms with Crippen LogP contribution in [0.2, 0.25) is 5.02 Å². The fourth-order valence-corrected chi connectivity index (χ4v) is 4.57. The summed E-state index contributed by atoms with van der Waals surface area (Å²) in [5.74, 6) is 0.0941. The Balaban J connectivity index is 1.47. The van der Waals surface area contributed by atoms with Crippen LogP contribution in [0.5, 0.6) is 0 Å². The maximum absolute atomic E-state index is 14.5. The summed E-state index contributed by atoms with van der Waals surface area (Å²) in [5.41, 5.74) is 6.08. The summed E-state index contributed by atoms with van der Waals surface area (Å²) in [6.07, 6.45) is 0.777. The molecule has 0 spiro atoms. The van der Waals surface area contributed by atoms with Crippen LogP contribution in [-0.4, -0.2) is 33.3 Å². The van der Waals surface area contributed by atoms with Crippen molar-refractivity contribution in [2.75, 3.05) is 18.0 Å². The number of hydrogen-bond donors (Lipinski definition) is 1. The number of rotatable bonds is 8. The zero-order valence-corrected chi connectivity index (χ0v) is 18.4. The van der Waals surface area contributed by atoms with Gasteiger partial charge in [0.05, 0.1) is 22.4 Å². The Labute approximate surface area is 193 Å². The predicted molar refractivity (Wildman–Crippen MR) is 118 cm³/mol. The molecule has 10 heteroatoms. The summed E-state index contributed by atoms with van der Waals surface area (Å²) in [4.78, 5) is 15.5. The minimum absolute atomic E-state index is 0.00868. The second-order valence-corrected chi connectivity index (χ2v) is 8.92. The molecule has 164 valence electrons. The van der Waals surface area contributed by atoms with E-state index in [1.54, 1.807) is 23.1 Å². The lowest BCUT2D eigenvalue weighted by atomic mass is 10.1. The van der Waals surface area contributed by atoms with Crippen molar-refractivity contribution < 1.29 is 13.6 Å². The van der Waals surface area contributed by atoms with Crippen molar-refractivity contribution in [2.45, 2.75) is 23.8 Å². The monoisotopic (exact) mass is 471 g/mol. The lowest BCUT2D eigenvalue weighted by molar-refractivity contribution is -0.129. The molecule has 1 aliphatic carbocycles. The van der Waals surface area contributed by atoms with Gasteiger partial charge in [-0.1, -0.05) is 34.9 Å². The van der Waals surface area contributed by atoms with E-state index in [1.807, 2.05) is 24.3 Å². The van der Waals surface area contributed by atoms with Gasteiger partial charge >= 0.3 is 6.01 Å². The van der Waals surface area contributed by atoms with Gasteiger partial charge in [-0.15, -0.1) is 16.9 Å². The molecule has 1 fully saturated rings. The molecule has 2 aromatic carbocycles. The van der Waals surface area contributed by atoms with Gasteiger partial charge in [0.15, 0.2) is 0 Å². The highest BCUT2D eigenvalue weighted by atomic mass is 35.5. The number of halogens is 2. The molecule has 2 atom stereocenters. The number of nitriles is 1. The third-order valence-electron chi connectivity index (χ3n) is 5.23. The highest BCUT2D eigenvalue weighted by molar-refractivity contribution is 8.00. The lowest BCUT2D eigenvalue weighted by Gasteiger charge is -2.23. The molecular formula is C22H19ClFN5O2S. The van der Waals surface area contributed by atoms with E-state index >= 15 is 0 Å². The van der Waals surface area contributed by atoms with E-state index in [0.717, 1.165) is 11.3 Å². The highest BCUT2D eigenvalue weighted by Crippen LogP contribution is 2.47. The number of thioether (sulfide) groups is 1. The van der Waals surface area contributed by atoms with Crippen LogP contribution in [0.15, 0.2) is 51.8 Å². The quantitative estimate of drug-likeness (QED) is 0.489. The van der Waals surface area contributed by atoms with E-state index < -0.39 is 5.82 Å². The number of nitrogens with two attached hydrogens (primary N) is 1. The second kappa shape index (κ2) is 9.59. The van der Waals surface area contributed by atoms with Crippen LogP contribution in [0.4, 0.5) is 10.4 Å². The number of carbonyl (C=O) groups is 1. The summed E-state index contributed by atoms with van der Waals surface area (Å²) in [7, 11) is 0. The average Bonchev–Trinajstić information content (AvgIpc) is 3.42. The summed E-state index contributed by atoms with van der Waals surface area (Å²) in [5, 5.41) is 17.2. The van der Waals surface area contributed by atoms with E-state index in [4.69, 9.17) is 27.0 Å². The van der Waals surface area contributed by atoms with Crippen molar-refractivity contribution in [2.24, 2.45) is 5.92 Å². The van der Waals surface area contributed by atoms with Crippen molar-refractivity contribution in [3.05, 3.63) is 70.3 Å². The van der Waals surface area contributed by atoms with E-state index in [9.17, 15) is 9.18 Å². The molecule has 2 N–H and O–H groups in total. The SMILES string of the molecule is N#Cc1ccc(CN(CC2CC2c2nnc(N)o2)C(=O)CSc2ccccc2Cl)c(F)c1. The molecule has 0 aliphatic heterocycles. The van der Waals surface area contributed by atoms with Crippen LogP contribution in [0.1, 0.15) is 29.4 Å². The smallest absolute Gasteiger partial charge is 0.312 e. The van der Waals surface area contributed by atoms with Crippen LogP contribution >= 0.6 is 23.4 Å². The first-order chi connectivity index (χ1) is 15.4. The topological polar surface area (TPSA) is 109 Å². The van der Waals surface area contributed by atoms with Gasteiger partial charge in [-0.3, -0.25) is 4.79 Å². The molecule has 1 heterocycles. The first kappa shape index (κ1) is 22.1. The Kier molecular flexibility index (Phi) is 6.63. The minimum Gasteiger partial charge on any atom is -0.408 e. The molecule has 1 saturated carbocycles. The van der Waals surface area contributed by atoms with Gasteiger partial charge in [0.2, 0.25) is 11.8 Å². The van der Waals surface area contributed by atoms with Gasteiger partial charge in [0.1, 0.15) is 5.82 Å². The third-order valence-corrected chi connectivity index (χ3v) is 6.73. The minimum atomic E-state index is -0.516. The molecule has 3 aromatic rings. The highest BCUT2D eigenvalue weighted by Gasteiger charge is 2.44. The number of carbonyl (C=O) groups excluding carboxylic acids is 1. The van der Waals surface area contributed by atoms with E-state index in [1.165, 1.54) is 17.8 Å². The molecule has 7 nitrogen and oxygen atoms in total. The van der Waals surface area contributed by atoms with Gasteiger partial charge in [-0.05, 0) is 36.6 Å². The molecular weight excluding hydrogens is 453 g/mol. The Morgan fingerprint density at radius 2 is 2.16 bits per heavy atom. The molecule has 0 radical (unpaired) electrons. The summed E-state index contributed by atoms with van der Waals surface area (Å²) >= 11 is 7.53. The summed E-state index contributed by atoms with van der Waals surface area (Å²) in [6.45, 7) is 0.503. The third kappa shape index (κ3) is 5.21. The first-order valence-corrected chi connectivity index (χ1v) is 11.2. The standard InChI is InChI=1S/C22H19ClFN5O2S/c23-17-3-1-2-4-19(17)32-12-20(30)29(10-14-6-5-13(9-25)7-18(14)24)11-15-8-16(15)21-27-28-22(26)31-21/h1-7,15-16H,8,10-12H2,(H2,26,28). The Morgan fingerprint density at radius 3 is 2.84 bits per heavy atom. The van der Waals surface area contributed by atoms with Gasteiger partial charge < -0.3 is 15.1 Å². The number of benzene rings is 2. The van der Waals surface area contributed by atoms with Gasteiger partial charge in [-0.25, -0.2) is 4.39 Å². The van der Waals surface area contributed by atoms with Gasteiger partial charge in [-0.2, -0.15) is 5.26 Å². The van der Waals surface area contributed by atoms with Crippen molar-refractivity contribution in [3.8, 4) is 6.07 Å². The summed E-state index contributed by atoms with van der Waals surface area (Å²) < 4.78 is 19.8. The van der Waals surface area contributed by atoms with Gasteiger partial charge in [0, 0.05) is 29.5 Å². The van der Waals surface area contributed by atoms with Crippen LogP contribution in [0.25, 0.3) is 0 Å². The maximum Gasteiger partial charge on any atom is 0.312 e. The Hall–Kier alpha value is -3.09.